The van der Waals surface area contributed by atoms with E-state index in [1.54, 1.807) is 17.0 Å². The monoisotopic (exact) mass is 559 g/mol. The van der Waals surface area contributed by atoms with Crippen LogP contribution in [0.25, 0.3) is 0 Å². The minimum Gasteiger partial charge on any atom is -0.481 e. The molecule has 2 saturated heterocycles. The summed E-state index contributed by atoms with van der Waals surface area (Å²) < 4.78 is 0. The Labute approximate surface area is 233 Å². The number of nitrogens with zero attached hydrogens (tertiary/aromatic N) is 2. The highest BCUT2D eigenvalue weighted by atomic mass is 35.5. The van der Waals surface area contributed by atoms with Crippen LogP contribution in [0.2, 0.25) is 10.0 Å². The molecule has 2 aliphatic rings. The van der Waals surface area contributed by atoms with Crippen LogP contribution in [0.15, 0.2) is 48.5 Å². The maximum atomic E-state index is 13.8. The fourth-order valence-electron chi connectivity index (χ4n) is 5.77. The predicted octanol–water partition coefficient (Wildman–Crippen LogP) is 4.36. The normalized spacial score (nSPS) is 22.7. The summed E-state index contributed by atoms with van der Waals surface area (Å²) in [4.78, 5) is 42.7. The molecule has 204 valence electrons. The van der Waals surface area contributed by atoms with Gasteiger partial charge in [-0.15, -0.1) is 0 Å². The van der Waals surface area contributed by atoms with Crippen molar-refractivity contribution < 1.29 is 19.5 Å². The maximum Gasteiger partial charge on any atom is 0.303 e. The second-order valence-electron chi connectivity index (χ2n) is 10.4. The number of fused-ring (bicyclic) bond motifs is 1. The topological polar surface area (TPSA) is 104 Å². The zero-order valence-electron chi connectivity index (χ0n) is 21.4. The lowest BCUT2D eigenvalue weighted by molar-refractivity contribution is -0.144. The van der Waals surface area contributed by atoms with Gasteiger partial charge in [0.05, 0.1) is 22.1 Å². The van der Waals surface area contributed by atoms with Crippen molar-refractivity contribution >= 4 is 40.9 Å². The standard InChI is InChI=1S/C29H35Cl2N3O4/c30-23-10-7-20(16-24(23)31)8-12-27(35)25(11-13-28(36)37)33-15-14-22(9-6-19-4-2-1-3-5-19)34-18-21(32)17-26(34)29(33)38/h1-5,7,10,16,21-22,25-26H,6,8-9,11-15,17-18,32H2,(H,36,37)/t21-,22?,25+,26+/m1/s1. The molecule has 4 atom stereocenters. The summed E-state index contributed by atoms with van der Waals surface area (Å²) >= 11 is 12.1. The molecule has 7 nitrogen and oxygen atoms in total. The molecule has 0 spiro atoms. The highest BCUT2D eigenvalue weighted by Gasteiger charge is 2.45. The van der Waals surface area contributed by atoms with E-state index in [1.807, 2.05) is 24.3 Å². The van der Waals surface area contributed by atoms with Crippen LogP contribution >= 0.6 is 23.2 Å². The van der Waals surface area contributed by atoms with Gasteiger partial charge in [-0.25, -0.2) is 0 Å². The van der Waals surface area contributed by atoms with Crippen molar-refractivity contribution in [2.24, 2.45) is 5.73 Å². The molecule has 1 amide bonds. The number of nitrogens with two attached hydrogens (primary N) is 1. The fourth-order valence-corrected chi connectivity index (χ4v) is 6.09. The summed E-state index contributed by atoms with van der Waals surface area (Å²) in [6.07, 6.45) is 3.56. The first-order valence-electron chi connectivity index (χ1n) is 13.3. The van der Waals surface area contributed by atoms with E-state index in [1.165, 1.54) is 5.56 Å². The first-order valence-corrected chi connectivity index (χ1v) is 14.0. The van der Waals surface area contributed by atoms with Gasteiger partial charge in [0.15, 0.2) is 5.78 Å². The SMILES string of the molecule is N[C@@H]1C[C@H]2C(=O)N([C@@H](CCC(=O)O)C(=O)CCc3ccc(Cl)c(Cl)c3)CCC(CCc3ccccc3)N2C1. The average molecular weight is 561 g/mol. The van der Waals surface area contributed by atoms with E-state index in [2.05, 4.69) is 17.0 Å². The van der Waals surface area contributed by atoms with Gasteiger partial charge in [-0.2, -0.15) is 0 Å². The lowest BCUT2D eigenvalue weighted by atomic mass is 9.97. The smallest absolute Gasteiger partial charge is 0.303 e. The third-order valence-corrected chi connectivity index (χ3v) is 8.48. The Bertz CT molecular complexity index is 1150. The van der Waals surface area contributed by atoms with Crippen molar-refractivity contribution in [3.05, 3.63) is 69.7 Å². The Hall–Kier alpha value is -2.45. The molecule has 0 aliphatic carbocycles. The zero-order valence-corrected chi connectivity index (χ0v) is 22.9. The van der Waals surface area contributed by atoms with Crippen LogP contribution in [-0.2, 0) is 27.2 Å². The largest absolute Gasteiger partial charge is 0.481 e. The number of hydrogen-bond donors (Lipinski definition) is 2. The van der Waals surface area contributed by atoms with Crippen molar-refractivity contribution in [2.45, 2.75) is 75.5 Å². The molecule has 3 N–H and O–H groups in total. The minimum atomic E-state index is -0.986. The van der Waals surface area contributed by atoms with E-state index in [0.29, 0.717) is 42.4 Å². The number of Topliss-reactive ketones (excluding diaryl/α,β-unsaturated/α-hetero) is 1. The number of carboxylic acids is 1. The lowest BCUT2D eigenvalue weighted by Gasteiger charge is -2.32. The first-order chi connectivity index (χ1) is 18.2. The molecule has 9 heteroatoms. The van der Waals surface area contributed by atoms with Gasteiger partial charge in [0, 0.05) is 38.0 Å². The number of halogens is 2. The summed E-state index contributed by atoms with van der Waals surface area (Å²) in [5, 5.41) is 10.2. The zero-order chi connectivity index (χ0) is 27.2. The van der Waals surface area contributed by atoms with Gasteiger partial charge in [0.25, 0.3) is 0 Å². The number of aryl methyl sites for hydroxylation is 2. The van der Waals surface area contributed by atoms with Crippen LogP contribution < -0.4 is 5.73 Å². The molecule has 0 radical (unpaired) electrons. The Kier molecular flexibility index (Phi) is 9.82. The van der Waals surface area contributed by atoms with Crippen molar-refractivity contribution in [1.82, 2.24) is 9.80 Å². The molecule has 0 bridgehead atoms. The quantitative estimate of drug-likeness (QED) is 0.423. The van der Waals surface area contributed by atoms with Gasteiger partial charge in [-0.3, -0.25) is 19.3 Å². The first kappa shape index (κ1) is 28.6. The van der Waals surface area contributed by atoms with Crippen LogP contribution in [0.3, 0.4) is 0 Å². The van der Waals surface area contributed by atoms with Gasteiger partial charge >= 0.3 is 5.97 Å². The Morgan fingerprint density at radius 3 is 2.50 bits per heavy atom. The lowest BCUT2D eigenvalue weighted by Crippen LogP contribution is -2.50. The number of rotatable bonds is 11. The Balaban J connectivity index is 1.51. The molecule has 0 saturated carbocycles. The highest BCUT2D eigenvalue weighted by Crippen LogP contribution is 2.31. The van der Waals surface area contributed by atoms with E-state index < -0.39 is 12.0 Å². The molecule has 2 aliphatic heterocycles. The summed E-state index contributed by atoms with van der Waals surface area (Å²) in [5.41, 5.74) is 8.42. The summed E-state index contributed by atoms with van der Waals surface area (Å²) in [6.45, 7) is 1.07. The van der Waals surface area contributed by atoms with E-state index >= 15 is 0 Å². The van der Waals surface area contributed by atoms with E-state index in [9.17, 15) is 19.5 Å². The van der Waals surface area contributed by atoms with Crippen LogP contribution in [-0.4, -0.2) is 69.8 Å². The molecule has 2 aromatic rings. The Morgan fingerprint density at radius 2 is 1.79 bits per heavy atom. The van der Waals surface area contributed by atoms with Crippen LogP contribution in [0.4, 0.5) is 0 Å². The number of benzene rings is 2. The molecule has 0 aromatic heterocycles. The molecular formula is C29H35Cl2N3O4. The summed E-state index contributed by atoms with van der Waals surface area (Å²) in [5.74, 6) is -1.24. The molecule has 1 unspecified atom stereocenters. The molecule has 2 fully saturated rings. The maximum absolute atomic E-state index is 13.8. The van der Waals surface area contributed by atoms with E-state index in [0.717, 1.165) is 18.4 Å². The molecule has 38 heavy (non-hydrogen) atoms. The number of carboxylic acid groups (broad SMARTS) is 1. The van der Waals surface area contributed by atoms with Crippen LogP contribution in [0.5, 0.6) is 0 Å². The number of ketones is 1. The van der Waals surface area contributed by atoms with Crippen molar-refractivity contribution in [3.8, 4) is 0 Å². The predicted molar refractivity (Wildman–Crippen MR) is 148 cm³/mol. The second-order valence-corrected chi connectivity index (χ2v) is 11.2. The molecular weight excluding hydrogens is 525 g/mol. The molecule has 2 aromatic carbocycles. The van der Waals surface area contributed by atoms with Crippen molar-refractivity contribution in [2.75, 3.05) is 13.1 Å². The highest BCUT2D eigenvalue weighted by molar-refractivity contribution is 6.42. The van der Waals surface area contributed by atoms with Crippen LogP contribution in [0, 0.1) is 0 Å². The fraction of sp³-hybridized carbons (Fsp3) is 0.483. The van der Waals surface area contributed by atoms with Gasteiger partial charge in [-0.05, 0) is 61.8 Å². The van der Waals surface area contributed by atoms with Crippen LogP contribution in [0.1, 0.15) is 49.7 Å². The number of aliphatic carboxylic acids is 1. The molecule has 4 rings (SSSR count). The summed E-state index contributed by atoms with van der Waals surface area (Å²) in [6, 6.07) is 14.4. The average Bonchev–Trinajstić information content (AvgIpc) is 3.24. The molecule has 2 heterocycles. The number of carbonyl (C=O) groups is 3. The number of amides is 1. The van der Waals surface area contributed by atoms with Gasteiger partial charge in [0.1, 0.15) is 0 Å². The second kappa shape index (κ2) is 13.1. The van der Waals surface area contributed by atoms with Gasteiger partial charge in [-0.1, -0.05) is 59.6 Å². The minimum absolute atomic E-state index is 0.0920. The van der Waals surface area contributed by atoms with E-state index in [4.69, 9.17) is 28.9 Å². The van der Waals surface area contributed by atoms with Gasteiger partial charge < -0.3 is 15.7 Å². The van der Waals surface area contributed by atoms with Gasteiger partial charge in [0.2, 0.25) is 5.91 Å². The van der Waals surface area contributed by atoms with Crippen molar-refractivity contribution in [1.29, 1.82) is 0 Å². The summed E-state index contributed by atoms with van der Waals surface area (Å²) in [7, 11) is 0. The third-order valence-electron chi connectivity index (χ3n) is 7.74. The van der Waals surface area contributed by atoms with Crippen molar-refractivity contribution in [3.63, 3.8) is 0 Å². The Morgan fingerprint density at radius 1 is 1.03 bits per heavy atom. The number of hydrogen-bond acceptors (Lipinski definition) is 5. The van der Waals surface area contributed by atoms with E-state index in [-0.39, 0.29) is 49.1 Å². The number of carbonyl (C=O) groups excluding carboxylic acids is 2. The third kappa shape index (κ3) is 7.14.